The second-order valence-corrected chi connectivity index (χ2v) is 5.32. The molecule has 0 aromatic rings. The van der Waals surface area contributed by atoms with E-state index in [0.717, 1.165) is 6.42 Å². The molecule has 0 heterocycles. The predicted molar refractivity (Wildman–Crippen MR) is 65.6 cm³/mol. The van der Waals surface area contributed by atoms with Crippen LogP contribution in [0.15, 0.2) is 0 Å². The highest BCUT2D eigenvalue weighted by molar-refractivity contribution is 5.86. The average molecular weight is 260 g/mol. The summed E-state index contributed by atoms with van der Waals surface area (Å²) in [5, 5.41) is 0. The molecule has 1 saturated carbocycles. The number of unbranched alkanes of at least 4 members (excludes halogenated alkanes) is 1. The number of halogens is 2. The second kappa shape index (κ2) is 6.39. The van der Waals surface area contributed by atoms with Gasteiger partial charge in [0.25, 0.3) is 0 Å². The number of ketones is 2. The molecule has 4 heteroatoms. The first-order valence-corrected chi connectivity index (χ1v) is 6.82. The summed E-state index contributed by atoms with van der Waals surface area (Å²) in [5.74, 6) is -3.89. The van der Waals surface area contributed by atoms with Crippen LogP contribution in [0, 0.1) is 11.8 Å². The zero-order valence-corrected chi connectivity index (χ0v) is 11.2. The summed E-state index contributed by atoms with van der Waals surface area (Å²) in [6.07, 6.45) is 2.29. The Morgan fingerprint density at radius 1 is 1.44 bits per heavy atom. The van der Waals surface area contributed by atoms with Gasteiger partial charge in [0.2, 0.25) is 5.78 Å². The monoisotopic (exact) mass is 260 g/mol. The number of carbonyl (C=O) groups is 2. The molecule has 1 fully saturated rings. The molecule has 0 bridgehead atoms. The topological polar surface area (TPSA) is 34.1 Å². The Balaban J connectivity index is 2.39. The predicted octanol–water partition coefficient (Wildman–Crippen LogP) is 3.78. The molecule has 0 saturated heterocycles. The minimum Gasteiger partial charge on any atom is -0.299 e. The lowest BCUT2D eigenvalue weighted by Crippen LogP contribution is -2.29. The largest absolute Gasteiger partial charge is 0.305 e. The Morgan fingerprint density at radius 2 is 2.11 bits per heavy atom. The molecule has 1 aliphatic rings. The van der Waals surface area contributed by atoms with Crippen LogP contribution in [0.3, 0.4) is 0 Å². The first kappa shape index (κ1) is 15.3. The lowest BCUT2D eigenvalue weighted by Gasteiger charge is -2.17. The van der Waals surface area contributed by atoms with Gasteiger partial charge >= 0.3 is 5.92 Å². The Morgan fingerprint density at radius 3 is 2.61 bits per heavy atom. The highest BCUT2D eigenvalue weighted by Crippen LogP contribution is 2.33. The van der Waals surface area contributed by atoms with Crippen LogP contribution < -0.4 is 0 Å². The average Bonchev–Trinajstić information content (AvgIpc) is 2.64. The molecular formula is C14H22F2O2. The molecule has 0 aromatic heterocycles. The number of alkyl halides is 2. The number of hydrogen-bond acceptors (Lipinski definition) is 2. The molecule has 2 nitrogen and oxygen atoms in total. The van der Waals surface area contributed by atoms with E-state index in [4.69, 9.17) is 0 Å². The third-order valence-corrected chi connectivity index (χ3v) is 3.97. The van der Waals surface area contributed by atoms with Crippen molar-refractivity contribution < 1.29 is 18.4 Å². The SMILES string of the molecule is CCCCC(F)(F)C(=O)CCC1CCC(=O)C1C. The molecule has 18 heavy (non-hydrogen) atoms. The van der Waals surface area contributed by atoms with Crippen molar-refractivity contribution in [2.24, 2.45) is 11.8 Å². The Kier molecular flexibility index (Phi) is 5.42. The highest BCUT2D eigenvalue weighted by atomic mass is 19.3. The van der Waals surface area contributed by atoms with Crippen molar-refractivity contribution in [1.82, 2.24) is 0 Å². The number of rotatable bonds is 7. The van der Waals surface area contributed by atoms with Crippen molar-refractivity contribution in [2.45, 2.75) is 64.7 Å². The van der Waals surface area contributed by atoms with Crippen molar-refractivity contribution >= 4 is 11.6 Å². The number of hydrogen-bond donors (Lipinski definition) is 0. The minimum atomic E-state index is -3.18. The van der Waals surface area contributed by atoms with E-state index in [0.29, 0.717) is 25.7 Å². The quantitative estimate of drug-likeness (QED) is 0.698. The molecule has 0 radical (unpaired) electrons. The van der Waals surface area contributed by atoms with Gasteiger partial charge in [0, 0.05) is 25.2 Å². The zero-order valence-electron chi connectivity index (χ0n) is 11.2. The van der Waals surface area contributed by atoms with Gasteiger partial charge in [-0.25, -0.2) is 0 Å². The van der Waals surface area contributed by atoms with E-state index in [9.17, 15) is 18.4 Å². The van der Waals surface area contributed by atoms with E-state index in [1.54, 1.807) is 0 Å². The van der Waals surface area contributed by atoms with Crippen LogP contribution in [-0.2, 0) is 9.59 Å². The summed E-state index contributed by atoms with van der Waals surface area (Å²) in [6, 6.07) is 0. The number of Topliss-reactive ketones (excluding diaryl/α,β-unsaturated/α-hetero) is 2. The van der Waals surface area contributed by atoms with Crippen LogP contribution in [0.25, 0.3) is 0 Å². The molecule has 0 N–H and O–H groups in total. The Labute approximate surface area is 107 Å². The maximum Gasteiger partial charge on any atom is 0.305 e. The summed E-state index contributed by atoms with van der Waals surface area (Å²) in [5.41, 5.74) is 0. The molecule has 0 spiro atoms. The third-order valence-electron chi connectivity index (χ3n) is 3.97. The van der Waals surface area contributed by atoms with Gasteiger partial charge in [0.15, 0.2) is 0 Å². The van der Waals surface area contributed by atoms with E-state index >= 15 is 0 Å². The highest BCUT2D eigenvalue weighted by Gasteiger charge is 2.38. The maximum absolute atomic E-state index is 13.4. The smallest absolute Gasteiger partial charge is 0.299 e. The molecule has 104 valence electrons. The lowest BCUT2D eigenvalue weighted by molar-refractivity contribution is -0.144. The standard InChI is InChI=1S/C14H22F2O2/c1-3-4-9-14(15,16)13(18)8-6-11-5-7-12(17)10(11)2/h10-11H,3-9H2,1-2H3. The van der Waals surface area contributed by atoms with Crippen LogP contribution in [-0.4, -0.2) is 17.5 Å². The van der Waals surface area contributed by atoms with Crippen LogP contribution in [0.1, 0.15) is 58.8 Å². The van der Waals surface area contributed by atoms with Crippen LogP contribution in [0.4, 0.5) is 8.78 Å². The van der Waals surface area contributed by atoms with E-state index in [2.05, 4.69) is 0 Å². The first-order chi connectivity index (χ1) is 8.38. The van der Waals surface area contributed by atoms with Gasteiger partial charge in [0.05, 0.1) is 0 Å². The molecular weight excluding hydrogens is 238 g/mol. The lowest BCUT2D eigenvalue weighted by atomic mass is 9.90. The molecule has 1 aliphatic carbocycles. The third kappa shape index (κ3) is 3.85. The Bertz CT molecular complexity index is 313. The maximum atomic E-state index is 13.4. The zero-order chi connectivity index (χ0) is 13.8. The van der Waals surface area contributed by atoms with E-state index in [-0.39, 0.29) is 30.5 Å². The van der Waals surface area contributed by atoms with E-state index in [1.165, 1.54) is 0 Å². The summed E-state index contributed by atoms with van der Waals surface area (Å²) in [6.45, 7) is 3.66. The first-order valence-electron chi connectivity index (χ1n) is 6.82. The van der Waals surface area contributed by atoms with Gasteiger partial charge in [-0.2, -0.15) is 8.78 Å². The van der Waals surface area contributed by atoms with Gasteiger partial charge < -0.3 is 0 Å². The number of carbonyl (C=O) groups excluding carboxylic acids is 2. The van der Waals surface area contributed by atoms with Crippen molar-refractivity contribution in [3.05, 3.63) is 0 Å². The van der Waals surface area contributed by atoms with Crippen molar-refractivity contribution in [3.8, 4) is 0 Å². The van der Waals surface area contributed by atoms with Gasteiger partial charge in [-0.3, -0.25) is 9.59 Å². The van der Waals surface area contributed by atoms with Crippen molar-refractivity contribution in [2.75, 3.05) is 0 Å². The summed E-state index contributed by atoms with van der Waals surface area (Å²) in [7, 11) is 0. The van der Waals surface area contributed by atoms with Crippen LogP contribution >= 0.6 is 0 Å². The fourth-order valence-corrected chi connectivity index (χ4v) is 2.50. The minimum absolute atomic E-state index is 0.0675. The van der Waals surface area contributed by atoms with Gasteiger partial charge in [-0.1, -0.05) is 20.3 Å². The van der Waals surface area contributed by atoms with E-state index in [1.807, 2.05) is 13.8 Å². The fourth-order valence-electron chi connectivity index (χ4n) is 2.50. The van der Waals surface area contributed by atoms with E-state index < -0.39 is 11.7 Å². The second-order valence-electron chi connectivity index (χ2n) is 5.32. The molecule has 0 aliphatic heterocycles. The van der Waals surface area contributed by atoms with Crippen molar-refractivity contribution in [3.63, 3.8) is 0 Å². The molecule has 1 rings (SSSR count). The van der Waals surface area contributed by atoms with Gasteiger partial charge in [0.1, 0.15) is 5.78 Å². The molecule has 2 unspecified atom stereocenters. The van der Waals surface area contributed by atoms with Crippen LogP contribution in [0.2, 0.25) is 0 Å². The van der Waals surface area contributed by atoms with Gasteiger partial charge in [-0.15, -0.1) is 0 Å². The molecule has 2 atom stereocenters. The van der Waals surface area contributed by atoms with Crippen LogP contribution in [0.5, 0.6) is 0 Å². The fraction of sp³-hybridized carbons (Fsp3) is 0.857. The molecule has 0 aromatic carbocycles. The summed E-state index contributed by atoms with van der Waals surface area (Å²) >= 11 is 0. The molecule has 0 amide bonds. The normalized spacial score (nSPS) is 24.6. The Hall–Kier alpha value is -0.800. The summed E-state index contributed by atoms with van der Waals surface area (Å²) in [4.78, 5) is 22.8. The van der Waals surface area contributed by atoms with Crippen molar-refractivity contribution in [1.29, 1.82) is 0 Å². The van der Waals surface area contributed by atoms with Gasteiger partial charge in [-0.05, 0) is 25.2 Å². The summed E-state index contributed by atoms with van der Waals surface area (Å²) < 4.78 is 26.9.